The molecule has 3 rings (SSSR count). The largest absolute Gasteiger partial charge is 0.356 e. The first-order valence-electron chi connectivity index (χ1n) is 5.79. The third-order valence-electron chi connectivity index (χ3n) is 3.52. The maximum Gasteiger partial charge on any atom is 0.133 e. The Bertz CT molecular complexity index is 365. The van der Waals surface area contributed by atoms with Gasteiger partial charge in [0.15, 0.2) is 0 Å². The van der Waals surface area contributed by atoms with E-state index in [0.29, 0.717) is 0 Å². The van der Waals surface area contributed by atoms with E-state index in [1.807, 2.05) is 12.3 Å². The molecule has 2 aliphatic rings. The third-order valence-corrected chi connectivity index (χ3v) is 3.52. The molecule has 3 nitrogen and oxygen atoms in total. The molecular formula is C12H17N3. The normalized spacial score (nSPS) is 23.1. The number of nitrogens with two attached hydrogens (primary N) is 1. The second-order valence-corrected chi connectivity index (χ2v) is 4.72. The third kappa shape index (κ3) is 1.51. The molecule has 0 radical (unpaired) electrons. The molecular weight excluding hydrogens is 186 g/mol. The van der Waals surface area contributed by atoms with E-state index in [9.17, 15) is 0 Å². The van der Waals surface area contributed by atoms with Crippen molar-refractivity contribution in [3.05, 3.63) is 23.9 Å². The number of hydrogen-bond donors (Lipinski definition) is 1. The van der Waals surface area contributed by atoms with Crippen LogP contribution in [0.15, 0.2) is 18.3 Å². The fourth-order valence-corrected chi connectivity index (χ4v) is 2.37. The van der Waals surface area contributed by atoms with Crippen LogP contribution in [0.25, 0.3) is 0 Å². The SMILES string of the molecule is NC1(c2cccnc2N2CCCC2)CC1. The standard InChI is InChI=1S/C12H17N3/c13-12(5-6-12)10-4-3-7-14-11(10)15-8-1-2-9-15/h3-4,7H,1-2,5-6,8-9,13H2. The van der Waals surface area contributed by atoms with E-state index in [4.69, 9.17) is 5.73 Å². The quantitative estimate of drug-likeness (QED) is 0.794. The molecule has 1 aromatic rings. The van der Waals surface area contributed by atoms with Gasteiger partial charge in [-0.05, 0) is 31.7 Å². The van der Waals surface area contributed by atoms with Crippen molar-refractivity contribution in [3.63, 3.8) is 0 Å². The molecule has 1 saturated carbocycles. The summed E-state index contributed by atoms with van der Waals surface area (Å²) in [4.78, 5) is 6.89. The molecule has 1 aliphatic carbocycles. The molecule has 0 atom stereocenters. The Balaban J connectivity index is 1.98. The highest BCUT2D eigenvalue weighted by atomic mass is 15.2. The minimum atomic E-state index is -0.0633. The molecule has 1 aromatic heterocycles. The summed E-state index contributed by atoms with van der Waals surface area (Å²) in [6.07, 6.45) is 6.67. The van der Waals surface area contributed by atoms with Gasteiger partial charge in [0.05, 0.1) is 0 Å². The summed E-state index contributed by atoms with van der Waals surface area (Å²) >= 11 is 0. The van der Waals surface area contributed by atoms with Crippen molar-refractivity contribution in [2.24, 2.45) is 5.73 Å². The first-order valence-corrected chi connectivity index (χ1v) is 5.79. The van der Waals surface area contributed by atoms with Gasteiger partial charge in [-0.15, -0.1) is 0 Å². The Morgan fingerprint density at radius 2 is 2.00 bits per heavy atom. The summed E-state index contributed by atoms with van der Waals surface area (Å²) in [5, 5.41) is 0. The number of nitrogens with zero attached hydrogens (tertiary/aromatic N) is 2. The zero-order valence-electron chi connectivity index (χ0n) is 8.95. The van der Waals surface area contributed by atoms with Crippen LogP contribution in [0.4, 0.5) is 5.82 Å². The maximum absolute atomic E-state index is 6.27. The summed E-state index contributed by atoms with van der Waals surface area (Å²) in [5.74, 6) is 1.13. The number of hydrogen-bond acceptors (Lipinski definition) is 3. The van der Waals surface area contributed by atoms with Gasteiger partial charge >= 0.3 is 0 Å². The highest BCUT2D eigenvalue weighted by Crippen LogP contribution is 2.46. The monoisotopic (exact) mass is 203 g/mol. The predicted octanol–water partition coefficient (Wildman–Crippen LogP) is 1.63. The van der Waals surface area contributed by atoms with Crippen molar-refractivity contribution in [1.82, 2.24) is 4.98 Å². The Morgan fingerprint density at radius 3 is 2.67 bits per heavy atom. The molecule has 0 spiro atoms. The fourth-order valence-electron chi connectivity index (χ4n) is 2.37. The van der Waals surface area contributed by atoms with Crippen molar-refractivity contribution >= 4 is 5.82 Å². The van der Waals surface area contributed by atoms with Gasteiger partial charge in [-0.3, -0.25) is 0 Å². The summed E-state index contributed by atoms with van der Waals surface area (Å²) in [6.45, 7) is 2.28. The van der Waals surface area contributed by atoms with E-state index < -0.39 is 0 Å². The average Bonchev–Trinajstić information content (AvgIpc) is 2.84. The molecule has 1 aliphatic heterocycles. The molecule has 2 N–H and O–H groups in total. The van der Waals surface area contributed by atoms with Crippen LogP contribution in [0.2, 0.25) is 0 Å². The molecule has 80 valence electrons. The lowest BCUT2D eigenvalue weighted by molar-refractivity contribution is 0.726. The number of rotatable bonds is 2. The van der Waals surface area contributed by atoms with Gasteiger partial charge in [0.1, 0.15) is 5.82 Å². The molecule has 0 aromatic carbocycles. The van der Waals surface area contributed by atoms with Crippen LogP contribution in [0.5, 0.6) is 0 Å². The topological polar surface area (TPSA) is 42.1 Å². The van der Waals surface area contributed by atoms with Gasteiger partial charge in [-0.1, -0.05) is 6.07 Å². The molecule has 1 saturated heterocycles. The summed E-state index contributed by atoms with van der Waals surface area (Å²) < 4.78 is 0. The van der Waals surface area contributed by atoms with Crippen LogP contribution >= 0.6 is 0 Å². The van der Waals surface area contributed by atoms with Crippen molar-refractivity contribution in [2.75, 3.05) is 18.0 Å². The highest BCUT2D eigenvalue weighted by Gasteiger charge is 2.42. The van der Waals surface area contributed by atoms with E-state index in [1.54, 1.807) is 0 Å². The van der Waals surface area contributed by atoms with Gasteiger partial charge in [-0.2, -0.15) is 0 Å². The summed E-state index contributed by atoms with van der Waals surface area (Å²) in [6, 6.07) is 4.15. The highest BCUT2D eigenvalue weighted by molar-refractivity contribution is 5.52. The molecule has 2 heterocycles. The van der Waals surface area contributed by atoms with Gasteiger partial charge in [0.25, 0.3) is 0 Å². The zero-order valence-corrected chi connectivity index (χ0v) is 8.95. The van der Waals surface area contributed by atoms with E-state index in [-0.39, 0.29) is 5.54 Å². The molecule has 15 heavy (non-hydrogen) atoms. The second kappa shape index (κ2) is 3.20. The van der Waals surface area contributed by atoms with Gasteiger partial charge < -0.3 is 10.6 Å². The van der Waals surface area contributed by atoms with Crippen molar-refractivity contribution in [2.45, 2.75) is 31.2 Å². The number of pyridine rings is 1. The van der Waals surface area contributed by atoms with Crippen LogP contribution < -0.4 is 10.6 Å². The molecule has 0 unspecified atom stereocenters. The van der Waals surface area contributed by atoms with Crippen LogP contribution in [0, 0.1) is 0 Å². The summed E-state index contributed by atoms with van der Waals surface area (Å²) in [5.41, 5.74) is 7.46. The number of anilines is 1. The van der Waals surface area contributed by atoms with Crippen LogP contribution in [-0.4, -0.2) is 18.1 Å². The van der Waals surface area contributed by atoms with Gasteiger partial charge in [0.2, 0.25) is 0 Å². The molecule has 2 fully saturated rings. The zero-order chi connectivity index (χ0) is 10.3. The van der Waals surface area contributed by atoms with E-state index in [2.05, 4.69) is 16.0 Å². The lowest BCUT2D eigenvalue weighted by Gasteiger charge is -2.22. The smallest absolute Gasteiger partial charge is 0.133 e. The van der Waals surface area contributed by atoms with Crippen molar-refractivity contribution in [3.8, 4) is 0 Å². The van der Waals surface area contributed by atoms with Crippen LogP contribution in [0.3, 0.4) is 0 Å². The van der Waals surface area contributed by atoms with Crippen molar-refractivity contribution in [1.29, 1.82) is 0 Å². The Morgan fingerprint density at radius 1 is 1.27 bits per heavy atom. The molecule has 3 heteroatoms. The Labute approximate surface area is 90.3 Å². The first kappa shape index (κ1) is 9.16. The van der Waals surface area contributed by atoms with Crippen LogP contribution in [0.1, 0.15) is 31.2 Å². The lowest BCUT2D eigenvalue weighted by atomic mass is 10.1. The van der Waals surface area contributed by atoms with Crippen LogP contribution in [-0.2, 0) is 5.54 Å². The minimum absolute atomic E-state index is 0.0633. The van der Waals surface area contributed by atoms with Crippen molar-refractivity contribution < 1.29 is 0 Å². The fraction of sp³-hybridized carbons (Fsp3) is 0.583. The predicted molar refractivity (Wildman–Crippen MR) is 60.8 cm³/mol. The lowest BCUT2D eigenvalue weighted by Crippen LogP contribution is -2.26. The van der Waals surface area contributed by atoms with Gasteiger partial charge in [0, 0.05) is 30.4 Å². The molecule has 0 bridgehead atoms. The van der Waals surface area contributed by atoms with Gasteiger partial charge in [-0.25, -0.2) is 4.98 Å². The van der Waals surface area contributed by atoms with E-state index in [1.165, 1.54) is 18.4 Å². The Kier molecular flexibility index (Phi) is 1.96. The molecule has 0 amide bonds. The number of aromatic nitrogens is 1. The second-order valence-electron chi connectivity index (χ2n) is 4.72. The first-order chi connectivity index (χ1) is 7.30. The minimum Gasteiger partial charge on any atom is -0.356 e. The Hall–Kier alpha value is -1.09. The van der Waals surface area contributed by atoms with E-state index in [0.717, 1.165) is 31.7 Å². The summed E-state index contributed by atoms with van der Waals surface area (Å²) in [7, 11) is 0. The van der Waals surface area contributed by atoms with E-state index >= 15 is 0 Å². The maximum atomic E-state index is 6.27. The average molecular weight is 203 g/mol.